The van der Waals surface area contributed by atoms with Crippen LogP contribution in [0.4, 0.5) is 5.69 Å². The summed E-state index contributed by atoms with van der Waals surface area (Å²) in [5.41, 5.74) is -0.633. The van der Waals surface area contributed by atoms with E-state index in [1.54, 1.807) is 6.92 Å². The molecule has 8 heteroatoms. The van der Waals surface area contributed by atoms with Gasteiger partial charge in [0, 0.05) is 18.2 Å². The lowest BCUT2D eigenvalue weighted by Crippen LogP contribution is -2.36. The van der Waals surface area contributed by atoms with Gasteiger partial charge in [0.05, 0.1) is 4.92 Å². The highest BCUT2D eigenvalue weighted by atomic mass is 16.6. The summed E-state index contributed by atoms with van der Waals surface area (Å²) >= 11 is 0. The fourth-order valence-corrected chi connectivity index (χ4v) is 1.67. The minimum absolute atomic E-state index is 0.0378. The number of carboxylic acid groups (broad SMARTS) is 1. The van der Waals surface area contributed by atoms with E-state index < -0.39 is 34.8 Å². The van der Waals surface area contributed by atoms with Crippen molar-refractivity contribution in [2.45, 2.75) is 13.3 Å². The van der Waals surface area contributed by atoms with E-state index in [-0.39, 0.29) is 12.1 Å². The SMILES string of the molecule is CCCN(CC(=O)O)C(=O)c1ccc(O)c([N+](=O)[O-])c1. The summed E-state index contributed by atoms with van der Waals surface area (Å²) in [7, 11) is 0. The number of nitro benzene ring substituents is 1. The highest BCUT2D eigenvalue weighted by Crippen LogP contribution is 2.26. The largest absolute Gasteiger partial charge is 0.502 e. The summed E-state index contributed by atoms with van der Waals surface area (Å²) in [6.45, 7) is 1.52. The van der Waals surface area contributed by atoms with Crippen LogP contribution in [0.1, 0.15) is 23.7 Å². The lowest BCUT2D eigenvalue weighted by atomic mass is 10.1. The number of benzene rings is 1. The van der Waals surface area contributed by atoms with Crippen LogP contribution in [0.5, 0.6) is 5.75 Å². The maximum absolute atomic E-state index is 12.1. The Labute approximate surface area is 114 Å². The molecular weight excluding hydrogens is 268 g/mol. The van der Waals surface area contributed by atoms with Crippen LogP contribution in [0.2, 0.25) is 0 Å². The predicted octanol–water partition coefficient (Wildman–Crippen LogP) is 1.24. The van der Waals surface area contributed by atoms with Gasteiger partial charge < -0.3 is 15.1 Å². The molecule has 0 aliphatic carbocycles. The second-order valence-corrected chi connectivity index (χ2v) is 4.08. The first kappa shape index (κ1) is 15.4. The Morgan fingerprint density at radius 1 is 1.40 bits per heavy atom. The molecule has 0 heterocycles. The Morgan fingerprint density at radius 3 is 2.55 bits per heavy atom. The zero-order valence-corrected chi connectivity index (χ0v) is 10.8. The number of hydrogen-bond acceptors (Lipinski definition) is 5. The standard InChI is InChI=1S/C12H14N2O6/c1-2-5-13(7-11(16)17)12(18)8-3-4-10(15)9(6-8)14(19)20/h3-4,6,15H,2,5,7H2,1H3,(H,16,17). The van der Waals surface area contributed by atoms with E-state index in [1.165, 1.54) is 6.07 Å². The van der Waals surface area contributed by atoms with Crippen LogP contribution in [0.15, 0.2) is 18.2 Å². The van der Waals surface area contributed by atoms with Crippen molar-refractivity contribution in [2.75, 3.05) is 13.1 Å². The molecule has 0 aliphatic heterocycles. The van der Waals surface area contributed by atoms with E-state index in [9.17, 15) is 24.8 Å². The summed E-state index contributed by atoms with van der Waals surface area (Å²) in [5.74, 6) is -2.34. The number of nitrogens with zero attached hydrogens (tertiary/aromatic N) is 2. The first-order chi connectivity index (χ1) is 9.36. The zero-order valence-electron chi connectivity index (χ0n) is 10.8. The maximum atomic E-state index is 12.1. The zero-order chi connectivity index (χ0) is 15.3. The first-order valence-corrected chi connectivity index (χ1v) is 5.85. The third-order valence-corrected chi connectivity index (χ3v) is 2.53. The lowest BCUT2D eigenvalue weighted by molar-refractivity contribution is -0.385. The van der Waals surface area contributed by atoms with Crippen molar-refractivity contribution >= 4 is 17.6 Å². The quantitative estimate of drug-likeness (QED) is 0.598. The smallest absolute Gasteiger partial charge is 0.323 e. The van der Waals surface area contributed by atoms with Gasteiger partial charge in [0.2, 0.25) is 0 Å². The molecule has 0 bridgehead atoms. The molecule has 0 unspecified atom stereocenters. The van der Waals surface area contributed by atoms with Gasteiger partial charge in [-0.1, -0.05) is 6.92 Å². The lowest BCUT2D eigenvalue weighted by Gasteiger charge is -2.19. The van der Waals surface area contributed by atoms with Crippen LogP contribution in [0.25, 0.3) is 0 Å². The van der Waals surface area contributed by atoms with Crippen molar-refractivity contribution in [3.63, 3.8) is 0 Å². The van der Waals surface area contributed by atoms with Gasteiger partial charge in [-0.25, -0.2) is 0 Å². The molecule has 20 heavy (non-hydrogen) atoms. The minimum Gasteiger partial charge on any atom is -0.502 e. The Kier molecular flexibility index (Phi) is 5.01. The monoisotopic (exact) mass is 282 g/mol. The molecule has 0 fully saturated rings. The Balaban J connectivity index is 3.08. The van der Waals surface area contributed by atoms with Gasteiger partial charge in [-0.2, -0.15) is 0 Å². The van der Waals surface area contributed by atoms with Crippen molar-refractivity contribution < 1.29 is 24.7 Å². The van der Waals surface area contributed by atoms with Crippen LogP contribution in [0, 0.1) is 10.1 Å². The molecule has 1 amide bonds. The number of phenolic OH excluding ortho intramolecular Hbond substituents is 1. The van der Waals surface area contributed by atoms with Crippen LogP contribution in [0.3, 0.4) is 0 Å². The number of carbonyl (C=O) groups excluding carboxylic acids is 1. The number of phenols is 1. The molecule has 1 aromatic rings. The van der Waals surface area contributed by atoms with E-state index in [4.69, 9.17) is 5.11 Å². The van der Waals surface area contributed by atoms with E-state index >= 15 is 0 Å². The molecule has 0 radical (unpaired) electrons. The van der Waals surface area contributed by atoms with Crippen molar-refractivity contribution in [3.8, 4) is 5.75 Å². The Morgan fingerprint density at radius 2 is 2.05 bits per heavy atom. The normalized spacial score (nSPS) is 10.1. The van der Waals surface area contributed by atoms with Crippen molar-refractivity contribution in [1.29, 1.82) is 0 Å². The number of aliphatic carboxylic acids is 1. The van der Waals surface area contributed by atoms with Crippen LogP contribution >= 0.6 is 0 Å². The minimum atomic E-state index is -1.17. The number of rotatable bonds is 6. The Hall–Kier alpha value is -2.64. The van der Waals surface area contributed by atoms with E-state index in [2.05, 4.69) is 0 Å². The highest BCUT2D eigenvalue weighted by Gasteiger charge is 2.22. The van der Waals surface area contributed by atoms with Gasteiger partial charge in [0.1, 0.15) is 6.54 Å². The average molecular weight is 282 g/mol. The van der Waals surface area contributed by atoms with Gasteiger partial charge in [0.15, 0.2) is 5.75 Å². The summed E-state index contributed by atoms with van der Waals surface area (Å²) < 4.78 is 0. The number of nitro groups is 1. The molecule has 0 saturated carbocycles. The predicted molar refractivity (Wildman–Crippen MR) is 68.6 cm³/mol. The molecule has 108 valence electrons. The van der Waals surface area contributed by atoms with Gasteiger partial charge in [-0.05, 0) is 18.6 Å². The number of carboxylic acids is 1. The van der Waals surface area contributed by atoms with Crippen molar-refractivity contribution in [2.24, 2.45) is 0 Å². The molecule has 8 nitrogen and oxygen atoms in total. The average Bonchev–Trinajstić information content (AvgIpc) is 2.37. The molecule has 0 atom stereocenters. The number of amides is 1. The molecule has 0 spiro atoms. The fraction of sp³-hybridized carbons (Fsp3) is 0.333. The van der Waals surface area contributed by atoms with E-state index in [1.807, 2.05) is 0 Å². The second-order valence-electron chi connectivity index (χ2n) is 4.08. The van der Waals surface area contributed by atoms with Crippen LogP contribution in [-0.4, -0.2) is 45.0 Å². The molecule has 1 rings (SSSR count). The summed E-state index contributed by atoms with van der Waals surface area (Å²) in [6, 6.07) is 3.19. The Bertz CT molecular complexity index is 543. The van der Waals surface area contributed by atoms with Gasteiger partial charge >= 0.3 is 11.7 Å². The highest BCUT2D eigenvalue weighted by molar-refractivity contribution is 5.96. The summed E-state index contributed by atoms with van der Waals surface area (Å²) in [4.78, 5) is 33.8. The topological polar surface area (TPSA) is 121 Å². The molecule has 2 N–H and O–H groups in total. The van der Waals surface area contributed by atoms with Crippen molar-refractivity contribution in [3.05, 3.63) is 33.9 Å². The molecule has 0 aliphatic rings. The third-order valence-electron chi connectivity index (χ3n) is 2.53. The number of hydrogen-bond donors (Lipinski definition) is 2. The fourth-order valence-electron chi connectivity index (χ4n) is 1.67. The summed E-state index contributed by atoms with van der Waals surface area (Å²) in [6.07, 6.45) is 0.555. The van der Waals surface area contributed by atoms with Gasteiger partial charge in [-0.15, -0.1) is 0 Å². The maximum Gasteiger partial charge on any atom is 0.323 e. The molecule has 0 saturated heterocycles. The second kappa shape index (κ2) is 6.50. The molecule has 0 aromatic heterocycles. The molecule has 1 aromatic carbocycles. The van der Waals surface area contributed by atoms with Crippen LogP contribution in [-0.2, 0) is 4.79 Å². The van der Waals surface area contributed by atoms with E-state index in [0.29, 0.717) is 6.42 Å². The van der Waals surface area contributed by atoms with Crippen LogP contribution < -0.4 is 0 Å². The van der Waals surface area contributed by atoms with E-state index in [0.717, 1.165) is 17.0 Å². The first-order valence-electron chi connectivity index (χ1n) is 5.85. The van der Waals surface area contributed by atoms with Gasteiger partial charge in [-0.3, -0.25) is 19.7 Å². The number of carbonyl (C=O) groups is 2. The van der Waals surface area contributed by atoms with Crippen molar-refractivity contribution in [1.82, 2.24) is 4.90 Å². The van der Waals surface area contributed by atoms with Gasteiger partial charge in [0.25, 0.3) is 5.91 Å². The summed E-state index contributed by atoms with van der Waals surface area (Å²) in [5, 5.41) is 28.8. The number of aromatic hydroxyl groups is 1. The molecular formula is C12H14N2O6. The third kappa shape index (κ3) is 3.67.